The smallest absolute Gasteiger partial charge is 0.339 e. The Bertz CT molecular complexity index is 774. The number of aryl methyl sites for hydroxylation is 2. The lowest BCUT2D eigenvalue weighted by atomic mass is 10.1. The number of rotatable bonds is 4. The van der Waals surface area contributed by atoms with Crippen LogP contribution >= 0.6 is 0 Å². The van der Waals surface area contributed by atoms with Crippen LogP contribution in [0.1, 0.15) is 28.4 Å². The molecule has 0 bridgehead atoms. The van der Waals surface area contributed by atoms with Crippen LogP contribution in [-0.2, 0) is 10.1 Å². The fraction of sp³-hybridized carbons (Fsp3) is 0.188. The number of carbonyl (C=O) groups is 1. The zero-order valence-corrected chi connectivity index (χ0v) is 12.9. The van der Waals surface area contributed by atoms with Gasteiger partial charge in [0, 0.05) is 5.56 Å². The fourth-order valence-electron chi connectivity index (χ4n) is 1.89. The lowest BCUT2D eigenvalue weighted by Crippen LogP contribution is -2.11. The average molecular weight is 304 g/mol. The first-order chi connectivity index (χ1) is 9.79. The third-order valence-electron chi connectivity index (χ3n) is 3.08. The second kappa shape index (κ2) is 5.69. The maximum atomic E-state index is 12.3. The summed E-state index contributed by atoms with van der Waals surface area (Å²) in [6, 6.07) is 11.2. The highest BCUT2D eigenvalue weighted by atomic mass is 32.2. The number of benzene rings is 2. The molecule has 0 aromatic heterocycles. The van der Waals surface area contributed by atoms with Crippen LogP contribution in [-0.4, -0.2) is 14.2 Å². The zero-order chi connectivity index (χ0) is 15.6. The van der Waals surface area contributed by atoms with Gasteiger partial charge < -0.3 is 4.18 Å². The zero-order valence-electron chi connectivity index (χ0n) is 12.1. The van der Waals surface area contributed by atoms with E-state index in [-0.39, 0.29) is 16.4 Å². The molecule has 0 atom stereocenters. The quantitative estimate of drug-likeness (QED) is 0.642. The van der Waals surface area contributed by atoms with Gasteiger partial charge in [-0.25, -0.2) is 0 Å². The maximum Gasteiger partial charge on any atom is 0.339 e. The Morgan fingerprint density at radius 1 is 1.00 bits per heavy atom. The molecule has 0 unspecified atom stereocenters. The number of carbonyl (C=O) groups excluding carboxylic acids is 1. The van der Waals surface area contributed by atoms with E-state index in [0.717, 1.165) is 5.56 Å². The molecular weight excluding hydrogens is 288 g/mol. The monoisotopic (exact) mass is 304 g/mol. The molecule has 0 saturated heterocycles. The molecule has 0 amide bonds. The Labute approximate surface area is 124 Å². The summed E-state index contributed by atoms with van der Waals surface area (Å²) in [7, 11) is -3.88. The van der Waals surface area contributed by atoms with Crippen LogP contribution < -0.4 is 4.18 Å². The van der Waals surface area contributed by atoms with Crippen molar-refractivity contribution in [3.05, 3.63) is 59.2 Å². The molecule has 0 radical (unpaired) electrons. The van der Waals surface area contributed by atoms with Crippen LogP contribution in [0.15, 0.2) is 47.4 Å². The summed E-state index contributed by atoms with van der Waals surface area (Å²) in [5, 5.41) is 0. The minimum absolute atomic E-state index is 0.0843. The van der Waals surface area contributed by atoms with E-state index in [1.165, 1.54) is 31.2 Å². The first-order valence-electron chi connectivity index (χ1n) is 6.42. The first kappa shape index (κ1) is 15.3. The molecule has 2 rings (SSSR count). The van der Waals surface area contributed by atoms with E-state index in [2.05, 4.69) is 0 Å². The van der Waals surface area contributed by atoms with Gasteiger partial charge in [-0.05, 0) is 62.2 Å². The van der Waals surface area contributed by atoms with E-state index in [1.54, 1.807) is 19.1 Å². The van der Waals surface area contributed by atoms with Crippen LogP contribution in [0.25, 0.3) is 0 Å². The molecule has 2 aromatic carbocycles. The van der Waals surface area contributed by atoms with Gasteiger partial charge in [0.15, 0.2) is 5.78 Å². The van der Waals surface area contributed by atoms with E-state index < -0.39 is 10.1 Å². The van der Waals surface area contributed by atoms with Gasteiger partial charge in [0.2, 0.25) is 0 Å². The lowest BCUT2D eigenvalue weighted by Gasteiger charge is -2.10. The minimum Gasteiger partial charge on any atom is -0.379 e. The molecule has 0 saturated carbocycles. The van der Waals surface area contributed by atoms with Crippen LogP contribution in [0.5, 0.6) is 5.75 Å². The Hall–Kier alpha value is -2.14. The fourth-order valence-corrected chi connectivity index (χ4v) is 3.14. The molecule has 110 valence electrons. The molecule has 0 aliphatic heterocycles. The standard InChI is InChI=1S/C16H16O4S/c1-11-4-5-12(2)16(10-11)21(18,19)20-15-8-6-14(7-9-15)13(3)17/h4-10H,1-3H3. The van der Waals surface area contributed by atoms with Gasteiger partial charge in [-0.15, -0.1) is 0 Å². The van der Waals surface area contributed by atoms with Gasteiger partial charge in [0.1, 0.15) is 10.6 Å². The third-order valence-corrected chi connectivity index (χ3v) is 4.47. The number of Topliss-reactive ketones (excluding diaryl/α,β-unsaturated/α-hetero) is 1. The molecule has 4 nitrogen and oxygen atoms in total. The van der Waals surface area contributed by atoms with E-state index >= 15 is 0 Å². The van der Waals surface area contributed by atoms with E-state index in [1.807, 2.05) is 13.0 Å². The highest BCUT2D eigenvalue weighted by Crippen LogP contribution is 2.22. The van der Waals surface area contributed by atoms with E-state index in [0.29, 0.717) is 11.1 Å². The van der Waals surface area contributed by atoms with Gasteiger partial charge in [0.25, 0.3) is 0 Å². The summed E-state index contributed by atoms with van der Waals surface area (Å²) in [5.41, 5.74) is 1.97. The largest absolute Gasteiger partial charge is 0.379 e. The Morgan fingerprint density at radius 2 is 1.62 bits per heavy atom. The van der Waals surface area contributed by atoms with Crippen molar-refractivity contribution in [2.45, 2.75) is 25.7 Å². The molecule has 0 aliphatic rings. The number of hydrogen-bond acceptors (Lipinski definition) is 4. The van der Waals surface area contributed by atoms with Crippen molar-refractivity contribution < 1.29 is 17.4 Å². The van der Waals surface area contributed by atoms with Crippen LogP contribution in [0, 0.1) is 13.8 Å². The van der Waals surface area contributed by atoms with Gasteiger partial charge in [0.05, 0.1) is 0 Å². The summed E-state index contributed by atoms with van der Waals surface area (Å²) in [6.45, 7) is 4.98. The van der Waals surface area contributed by atoms with Gasteiger partial charge in [-0.2, -0.15) is 8.42 Å². The van der Waals surface area contributed by atoms with Crippen molar-refractivity contribution in [2.75, 3.05) is 0 Å². The van der Waals surface area contributed by atoms with Crippen LogP contribution in [0.2, 0.25) is 0 Å². The van der Waals surface area contributed by atoms with E-state index in [9.17, 15) is 13.2 Å². The van der Waals surface area contributed by atoms with E-state index in [4.69, 9.17) is 4.18 Å². The highest BCUT2D eigenvalue weighted by Gasteiger charge is 2.19. The summed E-state index contributed by atoms with van der Waals surface area (Å²) in [5.74, 6) is 0.0971. The summed E-state index contributed by atoms with van der Waals surface area (Å²) >= 11 is 0. The van der Waals surface area contributed by atoms with Gasteiger partial charge in [-0.1, -0.05) is 12.1 Å². The molecule has 2 aromatic rings. The van der Waals surface area contributed by atoms with Crippen molar-refractivity contribution in [2.24, 2.45) is 0 Å². The van der Waals surface area contributed by atoms with Crippen molar-refractivity contribution in [1.82, 2.24) is 0 Å². The Morgan fingerprint density at radius 3 is 2.19 bits per heavy atom. The SMILES string of the molecule is CC(=O)c1ccc(OS(=O)(=O)c2cc(C)ccc2C)cc1. The Kier molecular flexibility index (Phi) is 4.14. The number of ketones is 1. The number of hydrogen-bond donors (Lipinski definition) is 0. The second-order valence-corrected chi connectivity index (χ2v) is 6.40. The van der Waals surface area contributed by atoms with Crippen molar-refractivity contribution in [3.8, 4) is 5.75 Å². The summed E-state index contributed by atoms with van der Waals surface area (Å²) in [6.07, 6.45) is 0. The summed E-state index contributed by atoms with van der Waals surface area (Å²) < 4.78 is 29.7. The predicted octanol–water partition coefficient (Wildman–Crippen LogP) is 3.27. The molecule has 0 aliphatic carbocycles. The minimum atomic E-state index is -3.88. The average Bonchev–Trinajstić information content (AvgIpc) is 2.41. The lowest BCUT2D eigenvalue weighted by molar-refractivity contribution is 0.101. The third kappa shape index (κ3) is 3.49. The maximum absolute atomic E-state index is 12.3. The normalized spacial score (nSPS) is 11.2. The van der Waals surface area contributed by atoms with Crippen molar-refractivity contribution in [1.29, 1.82) is 0 Å². The second-order valence-electron chi connectivity index (χ2n) is 4.89. The molecule has 0 spiro atoms. The van der Waals surface area contributed by atoms with Crippen LogP contribution in [0.3, 0.4) is 0 Å². The van der Waals surface area contributed by atoms with Crippen molar-refractivity contribution >= 4 is 15.9 Å². The molecule has 5 heteroatoms. The molecule has 0 N–H and O–H groups in total. The van der Waals surface area contributed by atoms with Crippen molar-refractivity contribution in [3.63, 3.8) is 0 Å². The topological polar surface area (TPSA) is 60.4 Å². The molecular formula is C16H16O4S. The Balaban J connectivity index is 2.33. The summed E-state index contributed by atoms with van der Waals surface area (Å²) in [4.78, 5) is 11.3. The van der Waals surface area contributed by atoms with Gasteiger partial charge >= 0.3 is 10.1 Å². The van der Waals surface area contributed by atoms with Gasteiger partial charge in [-0.3, -0.25) is 4.79 Å². The molecule has 21 heavy (non-hydrogen) atoms. The molecule has 0 fully saturated rings. The molecule has 0 heterocycles. The first-order valence-corrected chi connectivity index (χ1v) is 7.83. The highest BCUT2D eigenvalue weighted by molar-refractivity contribution is 7.87. The predicted molar refractivity (Wildman–Crippen MR) is 80.2 cm³/mol. The van der Waals surface area contributed by atoms with Crippen LogP contribution in [0.4, 0.5) is 0 Å².